The molecule has 6 nitrogen and oxygen atoms in total. The molecule has 2 aromatic rings. The summed E-state index contributed by atoms with van der Waals surface area (Å²) in [6, 6.07) is 14.6. The zero-order valence-electron chi connectivity index (χ0n) is 15.3. The van der Waals surface area contributed by atoms with Crippen LogP contribution in [0, 0.1) is 0 Å². The largest absolute Gasteiger partial charge is 0.497 e. The van der Waals surface area contributed by atoms with Gasteiger partial charge >= 0.3 is 0 Å². The predicted octanol–water partition coefficient (Wildman–Crippen LogP) is 2.48. The molecular weight excluding hydrogens is 332 g/mol. The standard InChI is InChI=1S/C20H24N2O4/c1-4-22(14-15-8-6-5-7-9-15)19(23)13-21-20(24)16-10-17(25-2)12-18(11-16)26-3/h5-12H,4,13-14H2,1-3H3,(H,21,24). The monoisotopic (exact) mass is 356 g/mol. The highest BCUT2D eigenvalue weighted by Crippen LogP contribution is 2.22. The zero-order chi connectivity index (χ0) is 18.9. The van der Waals surface area contributed by atoms with E-state index in [1.807, 2.05) is 37.3 Å². The summed E-state index contributed by atoms with van der Waals surface area (Å²) in [4.78, 5) is 26.5. The Hall–Kier alpha value is -3.02. The Balaban J connectivity index is 1.98. The van der Waals surface area contributed by atoms with E-state index in [1.54, 1.807) is 23.1 Å². The summed E-state index contributed by atoms with van der Waals surface area (Å²) in [5.74, 6) is 0.533. The fraction of sp³-hybridized carbons (Fsp3) is 0.300. The molecule has 0 aromatic heterocycles. The molecule has 0 aliphatic carbocycles. The Labute approximate surface area is 153 Å². The van der Waals surface area contributed by atoms with Crippen LogP contribution in [0.5, 0.6) is 11.5 Å². The van der Waals surface area contributed by atoms with Gasteiger partial charge in [0.25, 0.3) is 5.91 Å². The first-order chi connectivity index (χ1) is 12.6. The van der Waals surface area contributed by atoms with E-state index in [2.05, 4.69) is 5.32 Å². The second-order valence-corrected chi connectivity index (χ2v) is 5.68. The Morgan fingerprint density at radius 3 is 2.15 bits per heavy atom. The summed E-state index contributed by atoms with van der Waals surface area (Å²) in [7, 11) is 3.03. The van der Waals surface area contributed by atoms with E-state index in [1.165, 1.54) is 14.2 Å². The number of rotatable bonds is 8. The van der Waals surface area contributed by atoms with Crippen LogP contribution in [0.1, 0.15) is 22.8 Å². The number of nitrogens with zero attached hydrogens (tertiary/aromatic N) is 1. The number of methoxy groups -OCH3 is 2. The first-order valence-electron chi connectivity index (χ1n) is 8.40. The molecule has 0 unspecified atom stereocenters. The molecule has 6 heteroatoms. The van der Waals surface area contributed by atoms with Crippen molar-refractivity contribution in [3.05, 3.63) is 59.7 Å². The third kappa shape index (κ3) is 5.24. The van der Waals surface area contributed by atoms with Gasteiger partial charge in [0.05, 0.1) is 20.8 Å². The molecule has 2 amide bonds. The number of likely N-dealkylation sites (N-methyl/N-ethyl adjacent to an activating group) is 1. The number of hydrogen-bond donors (Lipinski definition) is 1. The third-order valence-electron chi connectivity index (χ3n) is 3.96. The Morgan fingerprint density at radius 1 is 1.00 bits per heavy atom. The highest BCUT2D eigenvalue weighted by Gasteiger charge is 2.15. The van der Waals surface area contributed by atoms with Crippen molar-refractivity contribution < 1.29 is 19.1 Å². The molecule has 2 rings (SSSR count). The smallest absolute Gasteiger partial charge is 0.251 e. The Morgan fingerprint density at radius 2 is 1.62 bits per heavy atom. The van der Waals surface area contributed by atoms with Crippen molar-refractivity contribution >= 4 is 11.8 Å². The maximum Gasteiger partial charge on any atom is 0.251 e. The predicted molar refractivity (Wildman–Crippen MR) is 99.4 cm³/mol. The minimum absolute atomic E-state index is 0.0704. The van der Waals surface area contributed by atoms with Crippen molar-refractivity contribution in [3.63, 3.8) is 0 Å². The van der Waals surface area contributed by atoms with E-state index < -0.39 is 0 Å². The van der Waals surface area contributed by atoms with Gasteiger partial charge in [-0.05, 0) is 24.6 Å². The third-order valence-corrected chi connectivity index (χ3v) is 3.96. The first-order valence-corrected chi connectivity index (χ1v) is 8.40. The number of amides is 2. The zero-order valence-corrected chi connectivity index (χ0v) is 15.3. The van der Waals surface area contributed by atoms with E-state index in [9.17, 15) is 9.59 Å². The molecule has 0 spiro atoms. The highest BCUT2D eigenvalue weighted by atomic mass is 16.5. The van der Waals surface area contributed by atoms with Crippen LogP contribution in [0.4, 0.5) is 0 Å². The van der Waals surface area contributed by atoms with Crippen LogP contribution in [0.3, 0.4) is 0 Å². The molecule has 0 fully saturated rings. The molecule has 26 heavy (non-hydrogen) atoms. The molecule has 0 bridgehead atoms. The minimum Gasteiger partial charge on any atom is -0.497 e. The Bertz CT molecular complexity index is 724. The first kappa shape index (κ1) is 19.3. The van der Waals surface area contributed by atoms with Crippen LogP contribution in [-0.2, 0) is 11.3 Å². The lowest BCUT2D eigenvalue weighted by atomic mass is 10.2. The van der Waals surface area contributed by atoms with E-state index in [0.29, 0.717) is 30.2 Å². The van der Waals surface area contributed by atoms with Crippen molar-refractivity contribution in [3.8, 4) is 11.5 Å². The van der Waals surface area contributed by atoms with Crippen LogP contribution >= 0.6 is 0 Å². The van der Waals surface area contributed by atoms with Crippen molar-refractivity contribution in [1.29, 1.82) is 0 Å². The molecule has 0 saturated heterocycles. The second-order valence-electron chi connectivity index (χ2n) is 5.68. The van der Waals surface area contributed by atoms with E-state index in [-0.39, 0.29) is 18.4 Å². The highest BCUT2D eigenvalue weighted by molar-refractivity contribution is 5.97. The molecule has 138 valence electrons. The second kappa shape index (κ2) is 9.46. The summed E-state index contributed by atoms with van der Waals surface area (Å²) >= 11 is 0. The lowest BCUT2D eigenvalue weighted by molar-refractivity contribution is -0.130. The van der Waals surface area contributed by atoms with E-state index in [0.717, 1.165) is 5.56 Å². The van der Waals surface area contributed by atoms with E-state index in [4.69, 9.17) is 9.47 Å². The van der Waals surface area contributed by atoms with E-state index >= 15 is 0 Å². The Kier molecular flexibility index (Phi) is 7.02. The maximum atomic E-state index is 12.4. The molecule has 0 aliphatic heterocycles. The van der Waals surface area contributed by atoms with Crippen LogP contribution in [0.2, 0.25) is 0 Å². The van der Waals surface area contributed by atoms with Gasteiger partial charge in [-0.2, -0.15) is 0 Å². The summed E-state index contributed by atoms with van der Waals surface area (Å²) in [6.45, 7) is 2.92. The molecule has 0 saturated carbocycles. The quantitative estimate of drug-likeness (QED) is 0.789. The topological polar surface area (TPSA) is 67.9 Å². The molecule has 0 aliphatic rings. The van der Waals surface area contributed by atoms with Gasteiger partial charge in [-0.3, -0.25) is 9.59 Å². The van der Waals surface area contributed by atoms with Crippen molar-refractivity contribution in [2.24, 2.45) is 0 Å². The normalized spacial score (nSPS) is 10.1. The van der Waals surface area contributed by atoms with Gasteiger partial charge in [-0.25, -0.2) is 0 Å². The SMILES string of the molecule is CCN(Cc1ccccc1)C(=O)CNC(=O)c1cc(OC)cc(OC)c1. The summed E-state index contributed by atoms with van der Waals surface area (Å²) in [5, 5.41) is 2.66. The maximum absolute atomic E-state index is 12.4. The van der Waals surface area contributed by atoms with Crippen LogP contribution < -0.4 is 14.8 Å². The number of carbonyl (C=O) groups excluding carboxylic acids is 2. The van der Waals surface area contributed by atoms with Crippen molar-refractivity contribution in [2.75, 3.05) is 27.3 Å². The van der Waals surface area contributed by atoms with Crippen molar-refractivity contribution in [2.45, 2.75) is 13.5 Å². The van der Waals surface area contributed by atoms with Gasteiger partial charge in [0.15, 0.2) is 0 Å². The number of hydrogen-bond acceptors (Lipinski definition) is 4. The molecule has 0 atom stereocenters. The lowest BCUT2D eigenvalue weighted by Gasteiger charge is -2.21. The minimum atomic E-state index is -0.355. The fourth-order valence-electron chi connectivity index (χ4n) is 2.49. The summed E-state index contributed by atoms with van der Waals surface area (Å²) in [5.41, 5.74) is 1.42. The number of benzene rings is 2. The van der Waals surface area contributed by atoms with Crippen LogP contribution in [-0.4, -0.2) is 44.0 Å². The van der Waals surface area contributed by atoms with Gasteiger partial charge in [-0.1, -0.05) is 30.3 Å². The number of nitrogens with one attached hydrogen (secondary N) is 1. The molecule has 0 radical (unpaired) electrons. The fourth-order valence-corrected chi connectivity index (χ4v) is 2.49. The molecule has 1 N–H and O–H groups in total. The average Bonchev–Trinajstić information content (AvgIpc) is 2.70. The van der Waals surface area contributed by atoms with Gasteiger partial charge < -0.3 is 19.7 Å². The van der Waals surface area contributed by atoms with Crippen LogP contribution in [0.15, 0.2) is 48.5 Å². The van der Waals surface area contributed by atoms with Crippen LogP contribution in [0.25, 0.3) is 0 Å². The summed E-state index contributed by atoms with van der Waals surface area (Å²) < 4.78 is 10.3. The molecular formula is C20H24N2O4. The summed E-state index contributed by atoms with van der Waals surface area (Å²) in [6.07, 6.45) is 0. The number of ether oxygens (including phenoxy) is 2. The van der Waals surface area contributed by atoms with Gasteiger partial charge in [0, 0.05) is 24.7 Å². The lowest BCUT2D eigenvalue weighted by Crippen LogP contribution is -2.39. The molecule has 0 heterocycles. The van der Waals surface area contributed by atoms with Crippen molar-refractivity contribution in [1.82, 2.24) is 10.2 Å². The van der Waals surface area contributed by atoms with Gasteiger partial charge in [0.2, 0.25) is 5.91 Å². The van der Waals surface area contributed by atoms with Gasteiger partial charge in [0.1, 0.15) is 11.5 Å². The molecule has 2 aromatic carbocycles. The average molecular weight is 356 g/mol. The van der Waals surface area contributed by atoms with Gasteiger partial charge in [-0.15, -0.1) is 0 Å². The number of carbonyl (C=O) groups is 2.